The van der Waals surface area contributed by atoms with Crippen molar-refractivity contribution in [3.05, 3.63) is 53.6 Å². The fourth-order valence-corrected chi connectivity index (χ4v) is 6.05. The quantitative estimate of drug-likeness (QED) is 0.591. The topological polar surface area (TPSA) is 131 Å². The molecular formula is C22H27ClN4O6S. The maximum absolute atomic E-state index is 13.4. The summed E-state index contributed by atoms with van der Waals surface area (Å²) in [5.41, 5.74) is 0.697. The number of β-amino-alcohol motifs (C(OH)–C–C–N with tert-alkyl or cyclic N) is 1. The number of hydrogen-bond acceptors (Lipinski definition) is 8. The van der Waals surface area contributed by atoms with Crippen molar-refractivity contribution in [3.63, 3.8) is 0 Å². The second-order valence-electron chi connectivity index (χ2n) is 8.34. The normalized spacial score (nSPS) is 26.2. The number of nitrogens with one attached hydrogen (secondary N) is 1. The lowest BCUT2D eigenvalue weighted by molar-refractivity contribution is -0.146. The number of aliphatic hydroxyl groups excluding tert-OH is 1. The Kier molecular flexibility index (Phi) is 8.12. The van der Waals surface area contributed by atoms with Crippen molar-refractivity contribution in [2.75, 3.05) is 19.8 Å². The third-order valence-electron chi connectivity index (χ3n) is 5.88. The van der Waals surface area contributed by atoms with Crippen LogP contribution in [0, 0.1) is 0 Å². The van der Waals surface area contributed by atoms with Crippen molar-refractivity contribution in [2.24, 2.45) is 0 Å². The predicted molar refractivity (Wildman–Crippen MR) is 122 cm³/mol. The number of aliphatic hydroxyl groups is 1. The van der Waals surface area contributed by atoms with Crippen LogP contribution in [0.2, 0.25) is 5.02 Å². The van der Waals surface area contributed by atoms with Gasteiger partial charge in [-0.25, -0.2) is 18.4 Å². The summed E-state index contributed by atoms with van der Waals surface area (Å²) in [4.78, 5) is 20.4. The highest BCUT2D eigenvalue weighted by molar-refractivity contribution is 7.89. The first kappa shape index (κ1) is 25.0. The molecule has 2 aromatic rings. The number of halogens is 1. The van der Waals surface area contributed by atoms with Gasteiger partial charge in [0, 0.05) is 17.8 Å². The first-order chi connectivity index (χ1) is 16.3. The summed E-state index contributed by atoms with van der Waals surface area (Å²) in [6.07, 6.45) is 2.22. The zero-order valence-corrected chi connectivity index (χ0v) is 20.0. The first-order valence-corrected chi connectivity index (χ1v) is 12.8. The fourth-order valence-electron chi connectivity index (χ4n) is 4.20. The highest BCUT2D eigenvalue weighted by atomic mass is 35.5. The lowest BCUT2D eigenvalue weighted by atomic mass is 9.96. The molecule has 3 heterocycles. The molecule has 0 spiro atoms. The minimum Gasteiger partial charge on any atom is -0.389 e. The van der Waals surface area contributed by atoms with Crippen LogP contribution in [0.3, 0.4) is 0 Å². The number of amides is 1. The largest absolute Gasteiger partial charge is 0.389 e. The molecule has 0 unspecified atom stereocenters. The number of ether oxygens (including phenoxy) is 2. The fraction of sp³-hybridized carbons (Fsp3) is 0.500. The summed E-state index contributed by atoms with van der Waals surface area (Å²) in [7, 11) is -3.91. The van der Waals surface area contributed by atoms with Crippen LogP contribution in [-0.4, -0.2) is 77.8 Å². The van der Waals surface area contributed by atoms with E-state index < -0.39 is 28.3 Å². The molecule has 1 aromatic heterocycles. The number of benzene rings is 1. The molecule has 12 heteroatoms. The van der Waals surface area contributed by atoms with Crippen LogP contribution in [-0.2, 0) is 30.8 Å². The molecule has 2 N–H and O–H groups in total. The Hall–Kier alpha value is -2.15. The first-order valence-electron chi connectivity index (χ1n) is 11.0. The third kappa shape index (κ3) is 6.09. The molecule has 0 bridgehead atoms. The highest BCUT2D eigenvalue weighted by Gasteiger charge is 2.43. The van der Waals surface area contributed by atoms with Gasteiger partial charge >= 0.3 is 0 Å². The van der Waals surface area contributed by atoms with Crippen LogP contribution >= 0.6 is 11.6 Å². The Morgan fingerprint density at radius 3 is 2.74 bits per heavy atom. The molecule has 2 fully saturated rings. The number of carbonyl (C=O) groups excluding carboxylic acids is 1. The molecular weight excluding hydrogens is 484 g/mol. The summed E-state index contributed by atoms with van der Waals surface area (Å²) < 4.78 is 39.9. The van der Waals surface area contributed by atoms with Gasteiger partial charge in [-0.1, -0.05) is 11.6 Å². The van der Waals surface area contributed by atoms with E-state index in [2.05, 4.69) is 15.3 Å². The van der Waals surface area contributed by atoms with E-state index in [0.29, 0.717) is 23.6 Å². The van der Waals surface area contributed by atoms with Crippen molar-refractivity contribution in [2.45, 2.75) is 55.1 Å². The van der Waals surface area contributed by atoms with Crippen LogP contribution in [0.15, 0.2) is 47.8 Å². The molecule has 0 saturated carbocycles. The number of carbonyl (C=O) groups is 1. The molecule has 2 aliphatic heterocycles. The van der Waals surface area contributed by atoms with Gasteiger partial charge < -0.3 is 19.9 Å². The molecule has 184 valence electrons. The van der Waals surface area contributed by atoms with E-state index >= 15 is 0 Å². The van der Waals surface area contributed by atoms with Gasteiger partial charge in [-0.15, -0.1) is 0 Å². The third-order valence-corrected chi connectivity index (χ3v) is 8.03. The standard InChI is InChI=1S/C22H27ClN4O6S/c23-15-1-4-19(5-2-15)34(30,31)27-11-17(28)12-32-13-21-20(27)6-3-18(33-21)9-22(29)25-10-16-7-8-24-14-26-16/h1-2,4-5,7-8,14,17-18,20-21,28H,3,6,9-13H2,(H,25,29)/t17-,18+,20+,21-/m0/s1. The number of sulfonamides is 1. The molecule has 2 saturated heterocycles. The van der Waals surface area contributed by atoms with Gasteiger partial charge in [0.05, 0.1) is 61.1 Å². The van der Waals surface area contributed by atoms with Crippen molar-refractivity contribution >= 4 is 27.5 Å². The Labute approximate surface area is 203 Å². The van der Waals surface area contributed by atoms with Crippen molar-refractivity contribution in [1.29, 1.82) is 0 Å². The average molecular weight is 511 g/mol. The molecule has 4 rings (SSSR count). The van der Waals surface area contributed by atoms with E-state index in [4.69, 9.17) is 21.1 Å². The van der Waals surface area contributed by atoms with Gasteiger partial charge in [-0.2, -0.15) is 4.31 Å². The van der Waals surface area contributed by atoms with Gasteiger partial charge in [0.25, 0.3) is 0 Å². The Bertz CT molecular complexity index is 1070. The second kappa shape index (κ2) is 11.1. The molecule has 10 nitrogen and oxygen atoms in total. The Morgan fingerprint density at radius 2 is 2.00 bits per heavy atom. The van der Waals surface area contributed by atoms with Crippen molar-refractivity contribution in [3.8, 4) is 0 Å². The van der Waals surface area contributed by atoms with Crippen LogP contribution in [0.25, 0.3) is 0 Å². The summed E-state index contributed by atoms with van der Waals surface area (Å²) in [6, 6.07) is 7.12. The monoisotopic (exact) mass is 510 g/mol. The zero-order chi connectivity index (χ0) is 24.1. The van der Waals surface area contributed by atoms with Gasteiger partial charge in [0.15, 0.2) is 0 Å². The molecule has 34 heavy (non-hydrogen) atoms. The zero-order valence-electron chi connectivity index (χ0n) is 18.4. The number of hydrogen-bond donors (Lipinski definition) is 2. The number of fused-ring (bicyclic) bond motifs is 1. The Balaban J connectivity index is 1.43. The number of nitrogens with zero attached hydrogens (tertiary/aromatic N) is 3. The summed E-state index contributed by atoms with van der Waals surface area (Å²) in [5, 5.41) is 13.5. The van der Waals surface area contributed by atoms with Gasteiger partial charge in [0.2, 0.25) is 15.9 Å². The Morgan fingerprint density at radius 1 is 1.21 bits per heavy atom. The molecule has 1 aromatic carbocycles. The summed E-state index contributed by atoms with van der Waals surface area (Å²) in [5.74, 6) is -0.185. The summed E-state index contributed by atoms with van der Waals surface area (Å²) in [6.45, 7) is 0.282. The number of rotatable bonds is 6. The van der Waals surface area contributed by atoms with Crippen LogP contribution in [0.1, 0.15) is 25.0 Å². The summed E-state index contributed by atoms with van der Waals surface area (Å²) >= 11 is 5.92. The highest BCUT2D eigenvalue weighted by Crippen LogP contribution is 2.31. The molecule has 0 aliphatic carbocycles. The van der Waals surface area contributed by atoms with E-state index in [9.17, 15) is 18.3 Å². The molecule has 1 amide bonds. The minimum atomic E-state index is -3.91. The van der Waals surface area contributed by atoms with E-state index in [1.165, 1.54) is 34.9 Å². The van der Waals surface area contributed by atoms with Gasteiger partial charge in [0.1, 0.15) is 6.33 Å². The van der Waals surface area contributed by atoms with Crippen LogP contribution in [0.5, 0.6) is 0 Å². The van der Waals surface area contributed by atoms with E-state index in [1.54, 1.807) is 12.3 Å². The van der Waals surface area contributed by atoms with Crippen LogP contribution < -0.4 is 5.32 Å². The minimum absolute atomic E-state index is 0.0106. The lowest BCUT2D eigenvalue weighted by Gasteiger charge is -2.43. The molecule has 0 radical (unpaired) electrons. The maximum Gasteiger partial charge on any atom is 0.243 e. The lowest BCUT2D eigenvalue weighted by Crippen LogP contribution is -2.57. The van der Waals surface area contributed by atoms with Gasteiger partial charge in [-0.3, -0.25) is 4.79 Å². The maximum atomic E-state index is 13.4. The molecule has 4 atom stereocenters. The smallest absolute Gasteiger partial charge is 0.243 e. The van der Waals surface area contributed by atoms with Crippen molar-refractivity contribution < 1.29 is 27.8 Å². The average Bonchev–Trinajstić information content (AvgIpc) is 2.81. The van der Waals surface area contributed by atoms with Gasteiger partial charge in [-0.05, 0) is 43.2 Å². The van der Waals surface area contributed by atoms with Crippen molar-refractivity contribution in [1.82, 2.24) is 19.6 Å². The number of aromatic nitrogens is 2. The van der Waals surface area contributed by atoms with E-state index in [0.717, 1.165) is 0 Å². The van der Waals surface area contributed by atoms with E-state index in [1.807, 2.05) is 0 Å². The van der Waals surface area contributed by atoms with E-state index in [-0.39, 0.29) is 49.6 Å². The predicted octanol–water partition coefficient (Wildman–Crippen LogP) is 1.13. The second-order valence-corrected chi connectivity index (χ2v) is 10.7. The SMILES string of the molecule is O=C(C[C@H]1CC[C@@H]2[C@H](COC[C@@H](O)CN2S(=O)(=O)c2ccc(Cl)cc2)O1)NCc1ccncn1. The van der Waals surface area contributed by atoms with Crippen LogP contribution in [0.4, 0.5) is 0 Å². The molecule has 2 aliphatic rings.